The zero-order chi connectivity index (χ0) is 13.3. The van der Waals surface area contributed by atoms with Gasteiger partial charge in [0.2, 0.25) is 0 Å². The van der Waals surface area contributed by atoms with Crippen LogP contribution in [-0.2, 0) is 4.74 Å². The first-order valence-electron chi connectivity index (χ1n) is 6.96. The van der Waals surface area contributed by atoms with Crippen molar-refractivity contribution in [3.63, 3.8) is 0 Å². The number of hydrogen-bond donors (Lipinski definition) is 1. The van der Waals surface area contributed by atoms with Crippen LogP contribution in [0.3, 0.4) is 0 Å². The van der Waals surface area contributed by atoms with E-state index < -0.39 is 0 Å². The third-order valence-corrected chi connectivity index (χ3v) is 2.99. The van der Waals surface area contributed by atoms with E-state index >= 15 is 0 Å². The first-order chi connectivity index (χ1) is 7.93. The highest BCUT2D eigenvalue weighted by Gasteiger charge is 2.08. The standard InChI is InChI=1S/C14H32N2O/c1-12(2)7-8-15-11-14(5)16(6)9-10-17-13(3)4/h12-15H,7-11H2,1-6H3. The monoisotopic (exact) mass is 244 g/mol. The molecule has 3 heteroatoms. The number of nitrogens with one attached hydrogen (secondary N) is 1. The summed E-state index contributed by atoms with van der Waals surface area (Å²) < 4.78 is 5.56. The summed E-state index contributed by atoms with van der Waals surface area (Å²) in [6, 6.07) is 0.568. The Labute approximate surface area is 108 Å². The second-order valence-corrected chi connectivity index (χ2v) is 5.64. The molecule has 0 radical (unpaired) electrons. The van der Waals surface area contributed by atoms with E-state index in [9.17, 15) is 0 Å². The minimum Gasteiger partial charge on any atom is -0.377 e. The van der Waals surface area contributed by atoms with E-state index in [-0.39, 0.29) is 0 Å². The Morgan fingerprint density at radius 1 is 1.12 bits per heavy atom. The van der Waals surface area contributed by atoms with Crippen molar-refractivity contribution in [1.29, 1.82) is 0 Å². The molecule has 0 rings (SSSR count). The second kappa shape index (κ2) is 9.86. The van der Waals surface area contributed by atoms with Crippen LogP contribution in [0.25, 0.3) is 0 Å². The molecule has 0 aliphatic rings. The quantitative estimate of drug-likeness (QED) is 0.597. The molecule has 0 aliphatic carbocycles. The number of likely N-dealkylation sites (N-methyl/N-ethyl adjacent to an activating group) is 1. The summed E-state index contributed by atoms with van der Waals surface area (Å²) in [4.78, 5) is 2.35. The lowest BCUT2D eigenvalue weighted by molar-refractivity contribution is 0.0573. The zero-order valence-electron chi connectivity index (χ0n) is 12.6. The van der Waals surface area contributed by atoms with Crippen LogP contribution in [0.4, 0.5) is 0 Å². The van der Waals surface area contributed by atoms with Crippen molar-refractivity contribution in [3.05, 3.63) is 0 Å². The highest BCUT2D eigenvalue weighted by atomic mass is 16.5. The molecule has 0 aromatic heterocycles. The Morgan fingerprint density at radius 2 is 1.76 bits per heavy atom. The summed E-state index contributed by atoms with van der Waals surface area (Å²) >= 11 is 0. The molecule has 3 nitrogen and oxygen atoms in total. The summed E-state index contributed by atoms with van der Waals surface area (Å²) in [6.07, 6.45) is 1.59. The van der Waals surface area contributed by atoms with Crippen LogP contribution >= 0.6 is 0 Å². The van der Waals surface area contributed by atoms with Crippen LogP contribution in [0.5, 0.6) is 0 Å². The van der Waals surface area contributed by atoms with Crippen LogP contribution in [-0.4, -0.2) is 50.3 Å². The van der Waals surface area contributed by atoms with E-state index in [0.29, 0.717) is 12.1 Å². The predicted octanol–water partition coefficient (Wildman–Crippen LogP) is 2.37. The zero-order valence-corrected chi connectivity index (χ0v) is 12.6. The number of rotatable bonds is 10. The number of ether oxygens (including phenoxy) is 1. The van der Waals surface area contributed by atoms with Gasteiger partial charge in [0.1, 0.15) is 0 Å². The minimum atomic E-state index is 0.336. The molecule has 104 valence electrons. The number of hydrogen-bond acceptors (Lipinski definition) is 3. The van der Waals surface area contributed by atoms with E-state index in [1.165, 1.54) is 6.42 Å². The van der Waals surface area contributed by atoms with E-state index in [1.807, 2.05) is 0 Å². The van der Waals surface area contributed by atoms with Gasteiger partial charge in [-0.1, -0.05) is 13.8 Å². The van der Waals surface area contributed by atoms with Gasteiger partial charge in [0.25, 0.3) is 0 Å². The van der Waals surface area contributed by atoms with Crippen molar-refractivity contribution in [2.45, 2.75) is 53.2 Å². The highest BCUT2D eigenvalue weighted by Crippen LogP contribution is 1.98. The fourth-order valence-corrected chi connectivity index (χ4v) is 1.51. The Morgan fingerprint density at radius 3 is 2.29 bits per heavy atom. The molecule has 17 heavy (non-hydrogen) atoms. The molecular formula is C14H32N2O. The molecule has 1 atom stereocenters. The van der Waals surface area contributed by atoms with Gasteiger partial charge in [-0.25, -0.2) is 0 Å². The van der Waals surface area contributed by atoms with E-state index in [2.05, 4.69) is 51.9 Å². The molecule has 0 aromatic carbocycles. The molecule has 0 saturated heterocycles. The Kier molecular flexibility index (Phi) is 9.79. The summed E-state index contributed by atoms with van der Waals surface area (Å²) in [5.41, 5.74) is 0. The summed E-state index contributed by atoms with van der Waals surface area (Å²) in [5, 5.41) is 3.51. The largest absolute Gasteiger partial charge is 0.377 e. The molecule has 0 heterocycles. The van der Waals surface area contributed by atoms with Crippen LogP contribution in [0.15, 0.2) is 0 Å². The Balaban J connectivity index is 3.49. The molecule has 0 amide bonds. The third kappa shape index (κ3) is 10.7. The van der Waals surface area contributed by atoms with Gasteiger partial charge in [0.05, 0.1) is 12.7 Å². The van der Waals surface area contributed by atoms with Crippen molar-refractivity contribution in [2.24, 2.45) is 5.92 Å². The smallest absolute Gasteiger partial charge is 0.0596 e. The molecule has 1 N–H and O–H groups in total. The van der Waals surface area contributed by atoms with Gasteiger partial charge in [-0.05, 0) is 46.7 Å². The summed E-state index contributed by atoms with van der Waals surface area (Å²) in [5.74, 6) is 0.787. The molecule has 0 aliphatic heterocycles. The summed E-state index contributed by atoms with van der Waals surface area (Å²) in [7, 11) is 2.17. The van der Waals surface area contributed by atoms with Crippen LogP contribution < -0.4 is 5.32 Å². The molecule has 0 bridgehead atoms. The molecule has 0 saturated carbocycles. The minimum absolute atomic E-state index is 0.336. The van der Waals surface area contributed by atoms with E-state index in [0.717, 1.165) is 32.2 Å². The Bertz CT molecular complexity index is 172. The first-order valence-corrected chi connectivity index (χ1v) is 6.96. The maximum Gasteiger partial charge on any atom is 0.0596 e. The predicted molar refractivity (Wildman–Crippen MR) is 75.5 cm³/mol. The van der Waals surface area contributed by atoms with Crippen molar-refractivity contribution in [3.8, 4) is 0 Å². The molecule has 1 unspecified atom stereocenters. The first kappa shape index (κ1) is 16.9. The lowest BCUT2D eigenvalue weighted by atomic mass is 10.1. The van der Waals surface area contributed by atoms with Crippen molar-refractivity contribution < 1.29 is 4.74 Å². The second-order valence-electron chi connectivity index (χ2n) is 5.64. The average Bonchev–Trinajstić information content (AvgIpc) is 2.23. The van der Waals surface area contributed by atoms with Gasteiger partial charge in [0.15, 0.2) is 0 Å². The molecular weight excluding hydrogens is 212 g/mol. The molecule has 0 aromatic rings. The molecule has 0 fully saturated rings. The fraction of sp³-hybridized carbons (Fsp3) is 1.00. The van der Waals surface area contributed by atoms with Gasteiger partial charge in [-0.15, -0.1) is 0 Å². The van der Waals surface area contributed by atoms with Gasteiger partial charge >= 0.3 is 0 Å². The van der Waals surface area contributed by atoms with Gasteiger partial charge in [0, 0.05) is 19.1 Å². The van der Waals surface area contributed by atoms with E-state index in [4.69, 9.17) is 4.74 Å². The lowest BCUT2D eigenvalue weighted by Crippen LogP contribution is -2.40. The van der Waals surface area contributed by atoms with Crippen LogP contribution in [0.2, 0.25) is 0 Å². The topological polar surface area (TPSA) is 24.5 Å². The SMILES string of the molecule is CC(C)CCNCC(C)N(C)CCOC(C)C. The lowest BCUT2D eigenvalue weighted by Gasteiger charge is -2.25. The normalized spacial score (nSPS) is 13.9. The van der Waals surface area contributed by atoms with Gasteiger partial charge in [-0.2, -0.15) is 0 Å². The average molecular weight is 244 g/mol. The fourth-order valence-electron chi connectivity index (χ4n) is 1.51. The van der Waals surface area contributed by atoms with Gasteiger partial charge in [-0.3, -0.25) is 0 Å². The third-order valence-electron chi connectivity index (χ3n) is 2.99. The van der Waals surface area contributed by atoms with Crippen molar-refractivity contribution in [2.75, 3.05) is 33.3 Å². The highest BCUT2D eigenvalue weighted by molar-refractivity contribution is 4.66. The Hall–Kier alpha value is -0.120. The summed E-state index contributed by atoms with van der Waals surface area (Å²) in [6.45, 7) is 15.0. The van der Waals surface area contributed by atoms with Gasteiger partial charge < -0.3 is 15.0 Å². The van der Waals surface area contributed by atoms with Crippen LogP contribution in [0.1, 0.15) is 41.0 Å². The van der Waals surface area contributed by atoms with Crippen molar-refractivity contribution >= 4 is 0 Å². The maximum absolute atomic E-state index is 5.56. The van der Waals surface area contributed by atoms with Crippen LogP contribution in [0, 0.1) is 5.92 Å². The van der Waals surface area contributed by atoms with E-state index in [1.54, 1.807) is 0 Å². The number of nitrogens with zero attached hydrogens (tertiary/aromatic N) is 1. The van der Waals surface area contributed by atoms with Crippen molar-refractivity contribution in [1.82, 2.24) is 10.2 Å². The molecule has 0 spiro atoms. The maximum atomic E-state index is 5.56.